The first-order valence-corrected chi connectivity index (χ1v) is 15.0. The number of hydrogen-bond donors (Lipinski definition) is 0. The summed E-state index contributed by atoms with van der Waals surface area (Å²) in [6, 6.07) is 11.0. The molecule has 0 aliphatic carbocycles. The Morgan fingerprint density at radius 1 is 1.17 bits per heavy atom. The van der Waals surface area contributed by atoms with Gasteiger partial charge in [0.05, 0.1) is 6.54 Å². The molecule has 0 radical (unpaired) electrons. The predicted octanol–water partition coefficient (Wildman–Crippen LogP) is 4.89. The highest BCUT2D eigenvalue weighted by molar-refractivity contribution is 5.53. The first-order valence-electron chi connectivity index (χ1n) is 15.0. The number of benzene rings is 1. The van der Waals surface area contributed by atoms with Crippen LogP contribution >= 0.6 is 0 Å². The Bertz CT molecular complexity index is 1240. The molecular weight excluding hydrogens is 514 g/mol. The largest absolute Gasteiger partial charge is 0.454 e. The van der Waals surface area contributed by atoms with Crippen LogP contribution in [0.2, 0.25) is 0 Å². The first-order chi connectivity index (χ1) is 20.0. The molecule has 1 fully saturated rings. The summed E-state index contributed by atoms with van der Waals surface area (Å²) in [7, 11) is 4.20. The van der Waals surface area contributed by atoms with Gasteiger partial charge in [-0.2, -0.15) is 0 Å². The summed E-state index contributed by atoms with van der Waals surface area (Å²) in [6.07, 6.45) is 16.1. The molecule has 0 spiro atoms. The molecule has 8 nitrogen and oxygen atoms in total. The van der Waals surface area contributed by atoms with Gasteiger partial charge < -0.3 is 19.2 Å². The van der Waals surface area contributed by atoms with Crippen molar-refractivity contribution in [1.29, 1.82) is 0 Å². The molecule has 41 heavy (non-hydrogen) atoms. The van der Waals surface area contributed by atoms with Gasteiger partial charge in [-0.15, -0.1) is 0 Å². The molecule has 0 amide bonds. The second kappa shape index (κ2) is 15.5. The minimum atomic E-state index is 0.305. The molecule has 0 saturated carbocycles. The zero-order chi connectivity index (χ0) is 29.0. The third-order valence-corrected chi connectivity index (χ3v) is 7.99. The highest BCUT2D eigenvalue weighted by Crippen LogP contribution is 2.42. The fraction of sp³-hybridized carbons (Fsp3) is 0.515. The van der Waals surface area contributed by atoms with E-state index in [2.05, 4.69) is 88.9 Å². The average Bonchev–Trinajstić information content (AvgIpc) is 3.63. The normalized spacial score (nSPS) is 17.7. The number of hydrogen-bond acceptors (Lipinski definition) is 7. The van der Waals surface area contributed by atoms with Gasteiger partial charge >= 0.3 is 0 Å². The minimum absolute atomic E-state index is 0.305. The number of aryl methyl sites for hydroxylation is 3. The molecule has 4 heterocycles. The van der Waals surface area contributed by atoms with E-state index in [4.69, 9.17) is 9.47 Å². The Kier molecular flexibility index (Phi) is 11.5. The van der Waals surface area contributed by atoms with E-state index in [0.717, 1.165) is 68.7 Å². The predicted molar refractivity (Wildman–Crippen MR) is 161 cm³/mol. The van der Waals surface area contributed by atoms with Crippen LogP contribution in [0.15, 0.2) is 55.2 Å². The van der Waals surface area contributed by atoms with Crippen LogP contribution in [0.5, 0.6) is 11.5 Å². The number of rotatable bonds is 12. The van der Waals surface area contributed by atoms with E-state index in [0.29, 0.717) is 25.3 Å². The fourth-order valence-electron chi connectivity index (χ4n) is 5.75. The van der Waals surface area contributed by atoms with Crippen LogP contribution in [-0.4, -0.2) is 60.7 Å². The molecule has 0 bridgehead atoms. The summed E-state index contributed by atoms with van der Waals surface area (Å²) in [6.45, 7) is 7.23. The third kappa shape index (κ3) is 8.49. The first kappa shape index (κ1) is 30.4. The van der Waals surface area contributed by atoms with E-state index in [1.54, 1.807) is 12.5 Å². The zero-order valence-electron chi connectivity index (χ0n) is 25.2. The molecule has 0 N–H and O–H groups in total. The van der Waals surface area contributed by atoms with Gasteiger partial charge in [0.25, 0.3) is 0 Å². The molecular formula is C33H46N5O3+. The van der Waals surface area contributed by atoms with Gasteiger partial charge in [-0.25, -0.2) is 14.5 Å². The smallest absolute Gasteiger partial charge is 0.231 e. The van der Waals surface area contributed by atoms with Crippen molar-refractivity contribution >= 4 is 12.0 Å². The van der Waals surface area contributed by atoms with Crippen LogP contribution < -0.4 is 18.9 Å². The van der Waals surface area contributed by atoms with E-state index in [-0.39, 0.29) is 0 Å². The van der Waals surface area contributed by atoms with Crippen molar-refractivity contribution in [3.05, 3.63) is 72.1 Å². The van der Waals surface area contributed by atoms with E-state index < -0.39 is 0 Å². The number of fused-ring (bicyclic) bond motifs is 1. The minimum Gasteiger partial charge on any atom is -0.454 e. The number of nitrogens with zero attached hydrogens (tertiary/aromatic N) is 5. The third-order valence-electron chi connectivity index (χ3n) is 7.99. The summed E-state index contributed by atoms with van der Waals surface area (Å²) in [5.74, 6) is 2.18. The summed E-state index contributed by atoms with van der Waals surface area (Å²) in [5, 5.41) is 0. The quantitative estimate of drug-likeness (QED) is 0.231. The number of carbonyl (C=O) groups excluding carboxylic acids is 1. The molecule has 2 aliphatic rings. The lowest BCUT2D eigenvalue weighted by Crippen LogP contribution is -2.31. The van der Waals surface area contributed by atoms with Gasteiger partial charge in [0.1, 0.15) is 25.3 Å². The lowest BCUT2D eigenvalue weighted by molar-refractivity contribution is -0.670. The molecule has 1 saturated heterocycles. The second-order valence-electron chi connectivity index (χ2n) is 11.1. The van der Waals surface area contributed by atoms with Gasteiger partial charge in [0.2, 0.25) is 6.79 Å². The molecule has 2 aromatic heterocycles. The molecule has 3 aromatic rings. The number of anilines is 1. The van der Waals surface area contributed by atoms with E-state index >= 15 is 0 Å². The molecule has 8 heteroatoms. The Hall–Kier alpha value is -3.52. The van der Waals surface area contributed by atoms with Gasteiger partial charge in [-0.1, -0.05) is 32.8 Å². The standard InChI is InChI=1S/C22H27N3O3.C11H19N2/c1-2-3-16-10-17(12-21-22(16)28-15-27-21)18-11-20(25(13-18)8-9-26)5-4-19-6-7-23-14-24-19;1-4-5-9-13(3)11-7-6-8-12(2)10-11/h6-7,9-10,12,14,18,20H,2-5,8,11,13,15H2,1H3;6-8,10H,4-5,9H2,1-3H3/q;+1. The van der Waals surface area contributed by atoms with Gasteiger partial charge in [-0.3, -0.25) is 4.90 Å². The van der Waals surface area contributed by atoms with Crippen molar-refractivity contribution < 1.29 is 18.8 Å². The summed E-state index contributed by atoms with van der Waals surface area (Å²) >= 11 is 0. The summed E-state index contributed by atoms with van der Waals surface area (Å²) in [5.41, 5.74) is 4.88. The average molecular weight is 561 g/mol. The van der Waals surface area contributed by atoms with Gasteiger partial charge in [0, 0.05) is 44.1 Å². The van der Waals surface area contributed by atoms with E-state index in [1.165, 1.54) is 29.7 Å². The SMILES string of the molecule is CCCCN(C)c1ccc[n+](C)c1.CCCc1cc(C2CC(CCc3ccncn3)N(CC=O)C2)cc2c1OCO2. The van der Waals surface area contributed by atoms with Gasteiger partial charge in [-0.05, 0) is 67.3 Å². The van der Waals surface area contributed by atoms with Crippen molar-refractivity contribution in [2.45, 2.75) is 70.8 Å². The molecule has 220 valence electrons. The molecule has 5 rings (SSSR count). The van der Waals surface area contributed by atoms with Crippen LogP contribution in [-0.2, 0) is 24.7 Å². The highest BCUT2D eigenvalue weighted by Gasteiger charge is 2.33. The Balaban J connectivity index is 0.000000251. The summed E-state index contributed by atoms with van der Waals surface area (Å²) in [4.78, 5) is 24.1. The zero-order valence-corrected chi connectivity index (χ0v) is 25.2. The number of aromatic nitrogens is 3. The lowest BCUT2D eigenvalue weighted by Gasteiger charge is -2.21. The van der Waals surface area contributed by atoms with Crippen LogP contribution in [0.3, 0.4) is 0 Å². The maximum atomic E-state index is 11.2. The van der Waals surface area contributed by atoms with E-state index in [1.807, 2.05) is 6.07 Å². The Morgan fingerprint density at radius 3 is 2.78 bits per heavy atom. The van der Waals surface area contributed by atoms with Crippen molar-refractivity contribution in [2.75, 3.05) is 38.4 Å². The Labute approximate surface area is 245 Å². The van der Waals surface area contributed by atoms with Gasteiger partial charge in [0.15, 0.2) is 23.9 Å². The number of aldehydes is 1. The summed E-state index contributed by atoms with van der Waals surface area (Å²) < 4.78 is 13.4. The maximum absolute atomic E-state index is 11.2. The van der Waals surface area contributed by atoms with Crippen LogP contribution in [0.25, 0.3) is 0 Å². The van der Waals surface area contributed by atoms with E-state index in [9.17, 15) is 4.79 Å². The fourth-order valence-corrected chi connectivity index (χ4v) is 5.75. The monoisotopic (exact) mass is 560 g/mol. The molecule has 2 aliphatic heterocycles. The van der Waals surface area contributed by atoms with Crippen molar-refractivity contribution in [2.24, 2.45) is 7.05 Å². The number of ether oxygens (including phenoxy) is 2. The Morgan fingerprint density at radius 2 is 2.05 bits per heavy atom. The number of likely N-dealkylation sites (tertiary alicyclic amines) is 1. The van der Waals surface area contributed by atoms with Crippen molar-refractivity contribution in [3.8, 4) is 11.5 Å². The van der Waals surface area contributed by atoms with Crippen LogP contribution in [0.4, 0.5) is 5.69 Å². The van der Waals surface area contributed by atoms with Crippen molar-refractivity contribution in [3.63, 3.8) is 0 Å². The molecule has 2 unspecified atom stereocenters. The topological polar surface area (TPSA) is 71.7 Å². The number of unbranched alkanes of at least 4 members (excludes halogenated alkanes) is 1. The van der Waals surface area contributed by atoms with Crippen LogP contribution in [0, 0.1) is 0 Å². The number of pyridine rings is 1. The highest BCUT2D eigenvalue weighted by atomic mass is 16.7. The second-order valence-corrected chi connectivity index (χ2v) is 11.1. The van der Waals surface area contributed by atoms with Crippen molar-refractivity contribution in [1.82, 2.24) is 14.9 Å². The maximum Gasteiger partial charge on any atom is 0.231 e. The molecule has 1 aromatic carbocycles. The molecule has 2 atom stereocenters. The number of carbonyl (C=O) groups is 1. The lowest BCUT2D eigenvalue weighted by atomic mass is 9.92. The van der Waals surface area contributed by atoms with Crippen LogP contribution in [0.1, 0.15) is 68.7 Å².